The van der Waals surface area contributed by atoms with Gasteiger partial charge in [0.15, 0.2) is 0 Å². The quantitative estimate of drug-likeness (QED) is 0.846. The number of amides is 1. The third-order valence-electron chi connectivity index (χ3n) is 5.30. The van der Waals surface area contributed by atoms with E-state index in [9.17, 15) is 4.79 Å². The monoisotopic (exact) mass is 316 g/mol. The van der Waals surface area contributed by atoms with E-state index in [1.165, 1.54) is 19.3 Å². The average Bonchev–Trinajstić information content (AvgIpc) is 3.20. The predicted octanol–water partition coefficient (Wildman–Crippen LogP) is 2.20. The lowest BCUT2D eigenvalue weighted by molar-refractivity contribution is -0.139. The summed E-state index contributed by atoms with van der Waals surface area (Å²) in [5, 5.41) is 0. The van der Waals surface area contributed by atoms with Crippen molar-refractivity contribution in [1.29, 1.82) is 0 Å². The number of rotatable bonds is 5. The molecule has 1 heterocycles. The van der Waals surface area contributed by atoms with Crippen LogP contribution in [0.1, 0.15) is 44.9 Å². The minimum absolute atomic E-state index is 0. The zero-order valence-corrected chi connectivity index (χ0v) is 13.7. The first-order chi connectivity index (χ1) is 9.78. The molecule has 2 N–H and O–H groups in total. The first-order valence-corrected chi connectivity index (χ1v) is 8.38. The molecule has 0 radical (unpaired) electrons. The summed E-state index contributed by atoms with van der Waals surface area (Å²) in [6, 6.07) is 0. The van der Waals surface area contributed by atoms with E-state index in [4.69, 9.17) is 10.5 Å². The standard InChI is InChI=1S/C16H28N2O2.ClH/c17-10-13-2-1-3-15(13)16(19)18-8-6-14(7-9-18)20-11-12-4-5-12;/h12-15H,1-11,17H2;1H/t13-,15-;/m1./s1. The fraction of sp³-hybridized carbons (Fsp3) is 0.938. The minimum atomic E-state index is 0. The van der Waals surface area contributed by atoms with E-state index < -0.39 is 0 Å². The van der Waals surface area contributed by atoms with Crippen LogP contribution in [0.15, 0.2) is 0 Å². The topological polar surface area (TPSA) is 55.6 Å². The summed E-state index contributed by atoms with van der Waals surface area (Å²) in [6.07, 6.45) is 8.44. The summed E-state index contributed by atoms with van der Waals surface area (Å²) in [5.41, 5.74) is 5.80. The Hall–Kier alpha value is -0.320. The van der Waals surface area contributed by atoms with Crippen LogP contribution in [0.3, 0.4) is 0 Å². The molecule has 0 unspecified atom stereocenters. The Morgan fingerprint density at radius 2 is 1.81 bits per heavy atom. The predicted molar refractivity (Wildman–Crippen MR) is 85.4 cm³/mol. The van der Waals surface area contributed by atoms with Crippen LogP contribution in [0.2, 0.25) is 0 Å². The van der Waals surface area contributed by atoms with Crippen molar-refractivity contribution in [2.24, 2.45) is 23.5 Å². The summed E-state index contributed by atoms with van der Waals surface area (Å²) in [5.74, 6) is 1.81. The Kier molecular flexibility index (Phi) is 6.33. The number of likely N-dealkylation sites (tertiary alicyclic amines) is 1. The van der Waals surface area contributed by atoms with Gasteiger partial charge in [0.2, 0.25) is 5.91 Å². The highest BCUT2D eigenvalue weighted by atomic mass is 35.5. The number of hydrogen-bond acceptors (Lipinski definition) is 3. The van der Waals surface area contributed by atoms with Gasteiger partial charge in [-0.2, -0.15) is 0 Å². The fourth-order valence-electron chi connectivity index (χ4n) is 3.68. The van der Waals surface area contributed by atoms with Gasteiger partial charge in [0.05, 0.1) is 6.10 Å². The Morgan fingerprint density at radius 1 is 1.10 bits per heavy atom. The molecule has 3 fully saturated rings. The minimum Gasteiger partial charge on any atom is -0.378 e. The molecule has 5 heteroatoms. The SMILES string of the molecule is Cl.NC[C@H]1CCC[C@H]1C(=O)N1CCC(OCC2CC2)CC1. The second kappa shape index (κ2) is 7.80. The van der Waals surface area contributed by atoms with Crippen molar-refractivity contribution >= 4 is 18.3 Å². The van der Waals surface area contributed by atoms with Crippen LogP contribution in [-0.4, -0.2) is 43.2 Å². The summed E-state index contributed by atoms with van der Waals surface area (Å²) >= 11 is 0. The molecule has 2 aliphatic carbocycles. The molecule has 0 aromatic carbocycles. The Morgan fingerprint density at radius 3 is 2.43 bits per heavy atom. The van der Waals surface area contributed by atoms with Crippen molar-refractivity contribution in [2.75, 3.05) is 26.2 Å². The first kappa shape index (κ1) is 17.0. The molecular formula is C16H29ClN2O2. The Balaban J connectivity index is 0.00000161. The molecule has 1 amide bonds. The maximum atomic E-state index is 12.6. The van der Waals surface area contributed by atoms with Crippen LogP contribution in [0.4, 0.5) is 0 Å². The number of ether oxygens (including phenoxy) is 1. The first-order valence-electron chi connectivity index (χ1n) is 8.38. The molecule has 1 saturated heterocycles. The molecule has 1 aliphatic heterocycles. The van der Waals surface area contributed by atoms with Gasteiger partial charge in [0.25, 0.3) is 0 Å². The summed E-state index contributed by atoms with van der Waals surface area (Å²) in [7, 11) is 0. The number of hydrogen-bond donors (Lipinski definition) is 1. The van der Waals surface area contributed by atoms with Gasteiger partial charge in [0.1, 0.15) is 0 Å². The van der Waals surface area contributed by atoms with Crippen LogP contribution in [-0.2, 0) is 9.53 Å². The van der Waals surface area contributed by atoms with Crippen molar-refractivity contribution < 1.29 is 9.53 Å². The molecule has 122 valence electrons. The van der Waals surface area contributed by atoms with Crippen LogP contribution in [0, 0.1) is 17.8 Å². The number of piperidine rings is 1. The number of nitrogens with zero attached hydrogens (tertiary/aromatic N) is 1. The summed E-state index contributed by atoms with van der Waals surface area (Å²) in [6.45, 7) is 3.36. The van der Waals surface area contributed by atoms with Crippen molar-refractivity contribution in [3.63, 3.8) is 0 Å². The van der Waals surface area contributed by atoms with E-state index in [1.54, 1.807) is 0 Å². The lowest BCUT2D eigenvalue weighted by Gasteiger charge is -2.34. The zero-order valence-electron chi connectivity index (χ0n) is 12.8. The van der Waals surface area contributed by atoms with Crippen LogP contribution < -0.4 is 5.73 Å². The van der Waals surface area contributed by atoms with Crippen molar-refractivity contribution in [3.8, 4) is 0 Å². The van der Waals surface area contributed by atoms with Gasteiger partial charge in [0, 0.05) is 25.6 Å². The molecule has 0 spiro atoms. The lowest BCUT2D eigenvalue weighted by atomic mass is 9.93. The highest BCUT2D eigenvalue weighted by Gasteiger charge is 2.36. The molecule has 2 saturated carbocycles. The van der Waals surface area contributed by atoms with Gasteiger partial charge < -0.3 is 15.4 Å². The normalized spacial score (nSPS) is 30.2. The number of carbonyl (C=O) groups is 1. The van der Waals surface area contributed by atoms with E-state index in [0.717, 1.165) is 51.3 Å². The van der Waals surface area contributed by atoms with Gasteiger partial charge in [-0.1, -0.05) is 6.42 Å². The van der Waals surface area contributed by atoms with Crippen LogP contribution >= 0.6 is 12.4 Å². The molecule has 0 aromatic heterocycles. The fourth-order valence-corrected chi connectivity index (χ4v) is 3.68. The third-order valence-corrected chi connectivity index (χ3v) is 5.30. The van der Waals surface area contributed by atoms with Crippen LogP contribution in [0.25, 0.3) is 0 Å². The smallest absolute Gasteiger partial charge is 0.226 e. The van der Waals surface area contributed by atoms with Crippen molar-refractivity contribution in [2.45, 2.75) is 51.0 Å². The zero-order chi connectivity index (χ0) is 13.9. The highest BCUT2D eigenvalue weighted by molar-refractivity contribution is 5.85. The van der Waals surface area contributed by atoms with Crippen molar-refractivity contribution in [1.82, 2.24) is 4.90 Å². The maximum Gasteiger partial charge on any atom is 0.226 e. The number of carbonyl (C=O) groups excluding carboxylic acids is 1. The van der Waals surface area contributed by atoms with E-state index in [0.29, 0.717) is 24.5 Å². The third kappa shape index (κ3) is 4.33. The van der Waals surface area contributed by atoms with E-state index in [1.807, 2.05) is 0 Å². The van der Waals surface area contributed by atoms with Gasteiger partial charge in [-0.3, -0.25) is 4.79 Å². The number of halogens is 1. The molecule has 2 atom stereocenters. The van der Waals surface area contributed by atoms with Gasteiger partial charge >= 0.3 is 0 Å². The molecule has 3 aliphatic rings. The van der Waals surface area contributed by atoms with Gasteiger partial charge in [-0.25, -0.2) is 0 Å². The highest BCUT2D eigenvalue weighted by Crippen LogP contribution is 2.33. The van der Waals surface area contributed by atoms with Gasteiger partial charge in [-0.05, 0) is 56.9 Å². The van der Waals surface area contributed by atoms with Crippen LogP contribution in [0.5, 0.6) is 0 Å². The van der Waals surface area contributed by atoms with E-state index >= 15 is 0 Å². The molecule has 3 rings (SSSR count). The largest absolute Gasteiger partial charge is 0.378 e. The molecule has 0 bridgehead atoms. The summed E-state index contributed by atoms with van der Waals surface area (Å²) in [4.78, 5) is 14.6. The second-order valence-corrected chi connectivity index (χ2v) is 6.83. The summed E-state index contributed by atoms with van der Waals surface area (Å²) < 4.78 is 5.94. The van der Waals surface area contributed by atoms with Gasteiger partial charge in [-0.15, -0.1) is 12.4 Å². The molecule has 4 nitrogen and oxygen atoms in total. The molecule has 21 heavy (non-hydrogen) atoms. The Bertz CT molecular complexity index is 341. The lowest BCUT2D eigenvalue weighted by Crippen LogP contribution is -2.45. The second-order valence-electron chi connectivity index (χ2n) is 6.83. The number of nitrogens with two attached hydrogens (primary N) is 1. The average molecular weight is 317 g/mol. The van der Waals surface area contributed by atoms with E-state index in [2.05, 4.69) is 4.90 Å². The van der Waals surface area contributed by atoms with E-state index in [-0.39, 0.29) is 18.3 Å². The van der Waals surface area contributed by atoms with Crippen molar-refractivity contribution in [3.05, 3.63) is 0 Å². The molecular weight excluding hydrogens is 288 g/mol. The Labute approximate surface area is 134 Å². The molecule has 0 aromatic rings. The maximum absolute atomic E-state index is 12.6.